The molecule has 3 heteroatoms. The smallest absolute Gasteiger partial charge is 0.180 e. The molecule has 3 nitrogen and oxygen atoms in total. The van der Waals surface area contributed by atoms with Gasteiger partial charge < -0.3 is 0 Å². The summed E-state index contributed by atoms with van der Waals surface area (Å²) in [6.07, 6.45) is 1.71. The maximum Gasteiger partial charge on any atom is 0.180 e. The van der Waals surface area contributed by atoms with E-state index in [0.29, 0.717) is 17.1 Å². The van der Waals surface area contributed by atoms with Crippen LogP contribution >= 0.6 is 0 Å². The number of Topliss-reactive ketones (excluding diaryl/α,β-unsaturated/α-hetero) is 1. The fraction of sp³-hybridized carbons (Fsp3) is 0.0556. The Kier molecular flexibility index (Phi) is 3.56. The molecule has 0 atom stereocenters. The molecule has 0 N–H and O–H groups in total. The molecule has 0 saturated heterocycles. The van der Waals surface area contributed by atoms with E-state index in [0.717, 1.165) is 11.1 Å². The maximum absolute atomic E-state index is 11.9. The number of aromatic nitrogens is 2. The molecule has 0 bridgehead atoms. The first-order chi connectivity index (χ1) is 10.3. The van der Waals surface area contributed by atoms with Gasteiger partial charge in [0.2, 0.25) is 0 Å². The Labute approximate surface area is 123 Å². The van der Waals surface area contributed by atoms with Crippen LogP contribution in [0.2, 0.25) is 0 Å². The Hall–Kier alpha value is -2.81. The zero-order valence-corrected chi connectivity index (χ0v) is 11.7. The summed E-state index contributed by atoms with van der Waals surface area (Å²) in [4.78, 5) is 20.9. The summed E-state index contributed by atoms with van der Waals surface area (Å²) in [7, 11) is 0. The maximum atomic E-state index is 11.9. The van der Waals surface area contributed by atoms with E-state index in [4.69, 9.17) is 0 Å². The summed E-state index contributed by atoms with van der Waals surface area (Å²) in [6.45, 7) is 1.52. The lowest BCUT2D eigenvalue weighted by atomic mass is 10.1. The average Bonchev–Trinajstić information content (AvgIpc) is 2.56. The van der Waals surface area contributed by atoms with Crippen LogP contribution < -0.4 is 0 Å². The van der Waals surface area contributed by atoms with Crippen molar-refractivity contribution in [3.05, 3.63) is 72.6 Å². The van der Waals surface area contributed by atoms with Gasteiger partial charge in [0.15, 0.2) is 5.78 Å². The molecule has 0 aliphatic rings. The third-order valence-corrected chi connectivity index (χ3v) is 3.22. The van der Waals surface area contributed by atoms with Crippen LogP contribution in [-0.2, 0) is 0 Å². The number of hydrogen-bond donors (Lipinski definition) is 0. The first-order valence-corrected chi connectivity index (χ1v) is 6.74. The normalized spacial score (nSPS) is 10.3. The molecule has 0 unspecified atom stereocenters. The van der Waals surface area contributed by atoms with Crippen molar-refractivity contribution in [1.29, 1.82) is 0 Å². The molecule has 0 aliphatic carbocycles. The molecule has 3 aromatic rings. The van der Waals surface area contributed by atoms with Crippen molar-refractivity contribution >= 4 is 5.78 Å². The lowest BCUT2D eigenvalue weighted by Gasteiger charge is -2.08. The third-order valence-electron chi connectivity index (χ3n) is 3.22. The van der Waals surface area contributed by atoms with Crippen LogP contribution in [0, 0.1) is 0 Å². The van der Waals surface area contributed by atoms with Crippen LogP contribution in [0.1, 0.15) is 17.4 Å². The molecule has 2 aromatic carbocycles. The first-order valence-electron chi connectivity index (χ1n) is 6.74. The Morgan fingerprint density at radius 1 is 0.857 bits per heavy atom. The second kappa shape index (κ2) is 5.67. The van der Waals surface area contributed by atoms with Gasteiger partial charge in [0.05, 0.1) is 17.6 Å². The van der Waals surface area contributed by atoms with E-state index in [2.05, 4.69) is 9.97 Å². The monoisotopic (exact) mass is 274 g/mol. The highest BCUT2D eigenvalue weighted by Gasteiger charge is 2.14. The number of carbonyl (C=O) groups is 1. The number of hydrogen-bond acceptors (Lipinski definition) is 3. The van der Waals surface area contributed by atoms with E-state index >= 15 is 0 Å². The van der Waals surface area contributed by atoms with Crippen molar-refractivity contribution in [1.82, 2.24) is 9.97 Å². The summed E-state index contributed by atoms with van der Waals surface area (Å²) < 4.78 is 0. The van der Waals surface area contributed by atoms with E-state index in [-0.39, 0.29) is 5.78 Å². The highest BCUT2D eigenvalue weighted by atomic mass is 16.1. The van der Waals surface area contributed by atoms with Gasteiger partial charge in [-0.3, -0.25) is 9.78 Å². The van der Waals surface area contributed by atoms with E-state index < -0.39 is 0 Å². The van der Waals surface area contributed by atoms with Crippen LogP contribution in [0.3, 0.4) is 0 Å². The highest BCUT2D eigenvalue weighted by molar-refractivity contribution is 5.98. The zero-order valence-electron chi connectivity index (χ0n) is 11.7. The minimum atomic E-state index is -0.0841. The molecule has 0 fully saturated rings. The minimum Gasteiger partial charge on any atom is -0.293 e. The Bertz CT molecular complexity index is 768. The lowest BCUT2D eigenvalue weighted by molar-refractivity contribution is 0.101. The first kappa shape index (κ1) is 13.2. The summed E-state index contributed by atoms with van der Waals surface area (Å²) in [5.41, 5.74) is 3.59. The predicted octanol–water partition coefficient (Wildman–Crippen LogP) is 4.01. The van der Waals surface area contributed by atoms with E-state index in [1.54, 1.807) is 6.20 Å². The molecule has 0 aliphatic heterocycles. The quantitative estimate of drug-likeness (QED) is 0.678. The molecule has 0 radical (unpaired) electrons. The van der Waals surface area contributed by atoms with Crippen molar-refractivity contribution in [2.24, 2.45) is 0 Å². The van der Waals surface area contributed by atoms with Gasteiger partial charge in [-0.1, -0.05) is 60.7 Å². The van der Waals surface area contributed by atoms with Gasteiger partial charge in [-0.05, 0) is 0 Å². The molecule has 102 valence electrons. The highest BCUT2D eigenvalue weighted by Crippen LogP contribution is 2.23. The number of nitrogens with zero attached hydrogens (tertiary/aromatic N) is 2. The predicted molar refractivity (Wildman–Crippen MR) is 82.9 cm³/mol. The Morgan fingerprint density at radius 2 is 1.43 bits per heavy atom. The molecule has 3 rings (SSSR count). The van der Waals surface area contributed by atoms with E-state index in [9.17, 15) is 4.79 Å². The SMILES string of the molecule is CC(=O)c1nc(-c2ccccc2)cnc1-c1ccccc1. The number of carbonyl (C=O) groups excluding carboxylic acids is 1. The van der Waals surface area contributed by atoms with Crippen LogP contribution in [0.15, 0.2) is 66.9 Å². The zero-order chi connectivity index (χ0) is 14.7. The number of rotatable bonds is 3. The molecule has 0 spiro atoms. The van der Waals surface area contributed by atoms with Crippen LogP contribution in [-0.4, -0.2) is 15.8 Å². The molecule has 0 saturated carbocycles. The number of benzene rings is 2. The Balaban J connectivity index is 2.14. The summed E-state index contributed by atoms with van der Waals surface area (Å²) >= 11 is 0. The van der Waals surface area contributed by atoms with Gasteiger partial charge in [0, 0.05) is 18.1 Å². The molecule has 1 aromatic heterocycles. The summed E-state index contributed by atoms with van der Waals surface area (Å²) in [5, 5.41) is 0. The van der Waals surface area contributed by atoms with Crippen molar-refractivity contribution < 1.29 is 4.79 Å². The van der Waals surface area contributed by atoms with Gasteiger partial charge in [-0.15, -0.1) is 0 Å². The van der Waals surface area contributed by atoms with Crippen molar-refractivity contribution in [2.45, 2.75) is 6.92 Å². The fourth-order valence-corrected chi connectivity index (χ4v) is 2.19. The van der Waals surface area contributed by atoms with Gasteiger partial charge in [0.1, 0.15) is 5.69 Å². The second-order valence-corrected chi connectivity index (χ2v) is 4.74. The molecular weight excluding hydrogens is 260 g/mol. The van der Waals surface area contributed by atoms with Gasteiger partial charge in [0.25, 0.3) is 0 Å². The van der Waals surface area contributed by atoms with E-state index in [1.165, 1.54) is 6.92 Å². The molecule has 21 heavy (non-hydrogen) atoms. The van der Waals surface area contributed by atoms with Crippen molar-refractivity contribution in [3.63, 3.8) is 0 Å². The topological polar surface area (TPSA) is 42.9 Å². The number of ketones is 1. The third kappa shape index (κ3) is 2.72. The van der Waals surface area contributed by atoms with Crippen LogP contribution in [0.5, 0.6) is 0 Å². The largest absolute Gasteiger partial charge is 0.293 e. The summed E-state index contributed by atoms with van der Waals surface area (Å²) in [5.74, 6) is -0.0841. The average molecular weight is 274 g/mol. The summed E-state index contributed by atoms with van der Waals surface area (Å²) in [6, 6.07) is 19.4. The second-order valence-electron chi connectivity index (χ2n) is 4.74. The standard InChI is InChI=1S/C18H14N2O/c1-13(21)17-18(15-10-6-3-7-11-15)19-12-16(20-17)14-8-4-2-5-9-14/h2-12H,1H3. The minimum absolute atomic E-state index is 0.0841. The van der Waals surface area contributed by atoms with Gasteiger partial charge in [-0.2, -0.15) is 0 Å². The Morgan fingerprint density at radius 3 is 2.00 bits per heavy atom. The van der Waals surface area contributed by atoms with E-state index in [1.807, 2.05) is 60.7 Å². The molecule has 0 amide bonds. The molecule has 1 heterocycles. The lowest BCUT2D eigenvalue weighted by Crippen LogP contribution is -2.04. The van der Waals surface area contributed by atoms with Gasteiger partial charge >= 0.3 is 0 Å². The van der Waals surface area contributed by atoms with Crippen LogP contribution in [0.4, 0.5) is 0 Å². The van der Waals surface area contributed by atoms with Crippen molar-refractivity contribution in [3.8, 4) is 22.5 Å². The molecular formula is C18H14N2O. The fourth-order valence-electron chi connectivity index (χ4n) is 2.19. The van der Waals surface area contributed by atoms with Crippen molar-refractivity contribution in [2.75, 3.05) is 0 Å². The van der Waals surface area contributed by atoms with Gasteiger partial charge in [-0.25, -0.2) is 4.98 Å². The van der Waals surface area contributed by atoms with Crippen LogP contribution in [0.25, 0.3) is 22.5 Å².